The van der Waals surface area contributed by atoms with Crippen molar-refractivity contribution in [1.29, 1.82) is 0 Å². The standard InChI is InChI=1S/C15H14F3N3O4S/c1-14(8-20-6-12(21(22)23)19-13(20)26-14)9-24-7-10-2-4-11(5-3-10)25-15(16,17)18/h2-6H,7-9H2,1H3/t14-/m0/s1. The summed E-state index contributed by atoms with van der Waals surface area (Å²) in [6.45, 7) is 3.06. The summed E-state index contributed by atoms with van der Waals surface area (Å²) in [4.78, 5) is 14.1. The van der Waals surface area contributed by atoms with Gasteiger partial charge in [-0.1, -0.05) is 12.1 Å². The van der Waals surface area contributed by atoms with Gasteiger partial charge in [0, 0.05) is 6.54 Å². The zero-order chi connectivity index (χ0) is 18.9. The number of nitrogens with zero attached hydrogens (tertiary/aromatic N) is 3. The van der Waals surface area contributed by atoms with Gasteiger partial charge in [-0.25, -0.2) is 0 Å². The highest BCUT2D eigenvalue weighted by atomic mass is 32.2. The highest BCUT2D eigenvalue weighted by molar-refractivity contribution is 8.00. The van der Waals surface area contributed by atoms with Crippen LogP contribution in [0.25, 0.3) is 0 Å². The fourth-order valence-electron chi connectivity index (χ4n) is 2.53. The molecule has 0 bridgehead atoms. The number of imidazole rings is 1. The van der Waals surface area contributed by atoms with E-state index in [2.05, 4.69) is 9.72 Å². The molecule has 1 aliphatic rings. The van der Waals surface area contributed by atoms with Crippen LogP contribution in [0.1, 0.15) is 12.5 Å². The Bertz CT molecular complexity index is 784. The molecule has 0 saturated carbocycles. The molecule has 2 heterocycles. The summed E-state index contributed by atoms with van der Waals surface area (Å²) in [6, 6.07) is 5.46. The van der Waals surface area contributed by atoms with Crippen molar-refractivity contribution in [2.45, 2.75) is 36.3 Å². The van der Waals surface area contributed by atoms with Gasteiger partial charge in [0.2, 0.25) is 0 Å². The van der Waals surface area contributed by atoms with Crippen LogP contribution in [0.3, 0.4) is 0 Å². The molecule has 0 aliphatic carbocycles. The number of alkyl halides is 3. The third-order valence-corrected chi connectivity index (χ3v) is 4.84. The van der Waals surface area contributed by atoms with E-state index in [9.17, 15) is 23.3 Å². The van der Waals surface area contributed by atoms with Crippen LogP contribution in [0.4, 0.5) is 19.0 Å². The quantitative estimate of drug-likeness (QED) is 0.553. The fourth-order valence-corrected chi connectivity index (χ4v) is 3.69. The van der Waals surface area contributed by atoms with E-state index >= 15 is 0 Å². The first-order chi connectivity index (χ1) is 12.1. The van der Waals surface area contributed by atoms with Crippen LogP contribution in [0.15, 0.2) is 35.6 Å². The number of hydrogen-bond donors (Lipinski definition) is 0. The molecule has 0 N–H and O–H groups in total. The van der Waals surface area contributed by atoms with Gasteiger partial charge in [0.15, 0.2) is 0 Å². The fraction of sp³-hybridized carbons (Fsp3) is 0.400. The van der Waals surface area contributed by atoms with Crippen LogP contribution in [0, 0.1) is 10.1 Å². The summed E-state index contributed by atoms with van der Waals surface area (Å²) >= 11 is 1.40. The number of nitro groups is 1. The first-order valence-corrected chi connectivity index (χ1v) is 8.28. The summed E-state index contributed by atoms with van der Waals surface area (Å²) in [5.74, 6) is -0.469. The Balaban J connectivity index is 1.50. The number of fused-ring (bicyclic) bond motifs is 1. The van der Waals surface area contributed by atoms with Crippen molar-refractivity contribution in [2.24, 2.45) is 0 Å². The van der Waals surface area contributed by atoms with Crippen molar-refractivity contribution >= 4 is 17.6 Å². The molecule has 0 unspecified atom stereocenters. The lowest BCUT2D eigenvalue weighted by molar-refractivity contribution is -0.389. The van der Waals surface area contributed by atoms with E-state index in [0.717, 1.165) is 0 Å². The second-order valence-corrected chi connectivity index (χ2v) is 7.56. The van der Waals surface area contributed by atoms with Gasteiger partial charge in [0.25, 0.3) is 5.16 Å². The Morgan fingerprint density at radius 2 is 2.08 bits per heavy atom. The zero-order valence-corrected chi connectivity index (χ0v) is 14.3. The molecule has 0 amide bonds. The molecule has 1 aromatic heterocycles. The first kappa shape index (κ1) is 18.5. The van der Waals surface area contributed by atoms with Gasteiger partial charge in [-0.3, -0.25) is 4.57 Å². The molecule has 3 rings (SSSR count). The van der Waals surface area contributed by atoms with Crippen LogP contribution in [-0.4, -0.2) is 32.2 Å². The molecule has 2 aromatic rings. The van der Waals surface area contributed by atoms with Crippen molar-refractivity contribution in [3.8, 4) is 5.75 Å². The lowest BCUT2D eigenvalue weighted by Crippen LogP contribution is -2.27. The molecule has 0 fully saturated rings. The lowest BCUT2D eigenvalue weighted by atomic mass is 10.2. The minimum absolute atomic E-state index is 0.184. The van der Waals surface area contributed by atoms with E-state index in [4.69, 9.17) is 4.74 Å². The van der Waals surface area contributed by atoms with Crippen molar-refractivity contribution in [3.63, 3.8) is 0 Å². The Morgan fingerprint density at radius 3 is 2.65 bits per heavy atom. The Kier molecular flexibility index (Phi) is 4.84. The summed E-state index contributed by atoms with van der Waals surface area (Å²) in [6.07, 6.45) is -3.32. The second kappa shape index (κ2) is 6.80. The number of benzene rings is 1. The van der Waals surface area contributed by atoms with E-state index in [1.54, 1.807) is 4.57 Å². The molecule has 0 radical (unpaired) electrons. The maximum absolute atomic E-state index is 12.1. The molecule has 140 valence electrons. The number of aromatic nitrogens is 2. The summed E-state index contributed by atoms with van der Waals surface area (Å²) in [5.41, 5.74) is 0.708. The van der Waals surface area contributed by atoms with E-state index in [1.807, 2.05) is 6.92 Å². The van der Waals surface area contributed by atoms with Crippen LogP contribution in [-0.2, 0) is 17.9 Å². The van der Waals surface area contributed by atoms with Crippen LogP contribution in [0.5, 0.6) is 5.75 Å². The van der Waals surface area contributed by atoms with Gasteiger partial charge in [-0.2, -0.15) is 0 Å². The number of ether oxygens (including phenoxy) is 2. The van der Waals surface area contributed by atoms with Crippen LogP contribution in [0.2, 0.25) is 0 Å². The molecule has 7 nitrogen and oxygen atoms in total. The lowest BCUT2D eigenvalue weighted by Gasteiger charge is -2.21. The Morgan fingerprint density at radius 1 is 1.38 bits per heavy atom. The van der Waals surface area contributed by atoms with E-state index in [-0.39, 0.29) is 22.9 Å². The second-order valence-electron chi connectivity index (χ2n) is 6.00. The van der Waals surface area contributed by atoms with Crippen molar-refractivity contribution < 1.29 is 27.6 Å². The molecule has 0 saturated heterocycles. The minimum atomic E-state index is -4.72. The topological polar surface area (TPSA) is 79.4 Å². The van der Waals surface area contributed by atoms with Crippen LogP contribution < -0.4 is 4.74 Å². The van der Waals surface area contributed by atoms with E-state index < -0.39 is 11.3 Å². The van der Waals surface area contributed by atoms with Gasteiger partial charge in [0.05, 0.1) is 18.0 Å². The molecule has 0 spiro atoms. The highest BCUT2D eigenvalue weighted by Crippen LogP contribution is 2.41. The van der Waals surface area contributed by atoms with Crippen molar-refractivity contribution in [2.75, 3.05) is 6.61 Å². The minimum Gasteiger partial charge on any atom is -0.406 e. The highest BCUT2D eigenvalue weighted by Gasteiger charge is 2.39. The number of thioether (sulfide) groups is 1. The van der Waals surface area contributed by atoms with Gasteiger partial charge in [-0.15, -0.1) is 13.2 Å². The summed E-state index contributed by atoms with van der Waals surface area (Å²) in [5, 5.41) is 11.3. The molecular formula is C15H14F3N3O4S. The number of halogens is 3. The first-order valence-electron chi connectivity index (χ1n) is 7.47. The maximum Gasteiger partial charge on any atom is 0.573 e. The summed E-state index contributed by atoms with van der Waals surface area (Å²) < 4.78 is 47.2. The molecule has 1 aromatic carbocycles. The smallest absolute Gasteiger partial charge is 0.406 e. The normalized spacial score (nSPS) is 19.4. The molecular weight excluding hydrogens is 375 g/mol. The molecule has 1 atom stereocenters. The maximum atomic E-state index is 12.1. The SMILES string of the molecule is C[C@@]1(COCc2ccc(OC(F)(F)F)cc2)Cn2cc([N+](=O)[O-])nc2S1. The molecule has 1 aliphatic heterocycles. The Hall–Kier alpha value is -2.27. The van der Waals surface area contributed by atoms with Crippen LogP contribution >= 0.6 is 11.8 Å². The zero-order valence-electron chi connectivity index (χ0n) is 13.5. The average Bonchev–Trinajstić information content (AvgIpc) is 3.03. The molecule has 11 heteroatoms. The Labute approximate surface area is 150 Å². The van der Waals surface area contributed by atoms with Crippen molar-refractivity contribution in [3.05, 3.63) is 46.1 Å². The molecule has 26 heavy (non-hydrogen) atoms. The number of rotatable bonds is 6. The van der Waals surface area contributed by atoms with Gasteiger partial charge >= 0.3 is 12.2 Å². The predicted molar refractivity (Wildman–Crippen MR) is 85.9 cm³/mol. The van der Waals surface area contributed by atoms with Gasteiger partial charge < -0.3 is 19.6 Å². The van der Waals surface area contributed by atoms with E-state index in [1.165, 1.54) is 42.2 Å². The predicted octanol–water partition coefficient (Wildman–Crippen LogP) is 3.77. The summed E-state index contributed by atoms with van der Waals surface area (Å²) in [7, 11) is 0. The van der Waals surface area contributed by atoms with Gasteiger partial charge in [0.1, 0.15) is 11.9 Å². The average molecular weight is 389 g/mol. The van der Waals surface area contributed by atoms with Gasteiger partial charge in [-0.05, 0) is 46.3 Å². The largest absolute Gasteiger partial charge is 0.573 e. The third kappa shape index (κ3) is 4.47. The monoisotopic (exact) mass is 389 g/mol. The van der Waals surface area contributed by atoms with E-state index in [0.29, 0.717) is 23.9 Å². The number of hydrogen-bond acceptors (Lipinski definition) is 6. The van der Waals surface area contributed by atoms with Crippen molar-refractivity contribution in [1.82, 2.24) is 9.55 Å². The third-order valence-electron chi connectivity index (χ3n) is 3.59.